The average Bonchev–Trinajstić information content (AvgIpc) is 3.24. The van der Waals surface area contributed by atoms with Crippen LogP contribution in [0.25, 0.3) is 16.2 Å². The molecule has 0 atom stereocenters. The van der Waals surface area contributed by atoms with Crippen molar-refractivity contribution in [2.24, 2.45) is 0 Å². The van der Waals surface area contributed by atoms with Gasteiger partial charge in [-0.3, -0.25) is 4.68 Å². The number of anilines is 1. The highest BCUT2D eigenvalue weighted by Crippen LogP contribution is 2.24. The van der Waals surface area contributed by atoms with Crippen molar-refractivity contribution in [3.8, 4) is 11.3 Å². The third-order valence-corrected chi connectivity index (χ3v) is 4.24. The summed E-state index contributed by atoms with van der Waals surface area (Å²) in [5.74, 6) is -0.253. The van der Waals surface area contributed by atoms with Crippen LogP contribution in [-0.2, 0) is 6.54 Å². The Bertz CT molecular complexity index is 878. The lowest BCUT2D eigenvalue weighted by atomic mass is 10.2. The molecule has 0 unspecified atom stereocenters. The number of aromatic nitrogens is 5. The van der Waals surface area contributed by atoms with Gasteiger partial charge in [0, 0.05) is 24.5 Å². The predicted octanol–water partition coefficient (Wildman–Crippen LogP) is 2.91. The Morgan fingerprint density at radius 2 is 2.09 bits per heavy atom. The zero-order chi connectivity index (χ0) is 15.6. The molecule has 3 aromatic heterocycles. The molecule has 0 spiro atoms. The molecule has 0 fully saturated rings. The molecular weight excluding hydrogens is 315 g/mol. The molecule has 116 valence electrons. The summed E-state index contributed by atoms with van der Waals surface area (Å²) in [5, 5.41) is 12.7. The molecule has 0 saturated carbocycles. The minimum Gasteiger partial charge on any atom is -0.358 e. The van der Waals surface area contributed by atoms with E-state index in [1.165, 1.54) is 23.5 Å². The summed E-state index contributed by atoms with van der Waals surface area (Å²) in [5.41, 5.74) is 1.66. The van der Waals surface area contributed by atoms with E-state index in [9.17, 15) is 4.39 Å². The highest BCUT2D eigenvalue weighted by molar-refractivity contribution is 7.20. The van der Waals surface area contributed by atoms with Crippen molar-refractivity contribution >= 4 is 21.4 Å². The molecule has 4 aromatic rings. The Morgan fingerprint density at radius 1 is 1.22 bits per heavy atom. The van der Waals surface area contributed by atoms with Crippen LogP contribution >= 0.6 is 11.3 Å². The van der Waals surface area contributed by atoms with E-state index < -0.39 is 0 Å². The zero-order valence-corrected chi connectivity index (χ0v) is 12.9. The molecule has 4 rings (SSSR count). The Balaban J connectivity index is 1.47. The normalized spacial score (nSPS) is 11.2. The molecule has 8 heteroatoms. The van der Waals surface area contributed by atoms with Crippen LogP contribution in [0.5, 0.6) is 0 Å². The molecular formula is C15H13FN6S. The van der Waals surface area contributed by atoms with Gasteiger partial charge in [-0.2, -0.15) is 5.10 Å². The largest absolute Gasteiger partial charge is 0.358 e. The van der Waals surface area contributed by atoms with Gasteiger partial charge in [-0.15, -0.1) is 5.10 Å². The quantitative estimate of drug-likeness (QED) is 0.612. The van der Waals surface area contributed by atoms with Crippen LogP contribution in [0.4, 0.5) is 9.52 Å². The van der Waals surface area contributed by atoms with Gasteiger partial charge in [0.15, 0.2) is 0 Å². The third kappa shape index (κ3) is 2.93. The Hall–Kier alpha value is -2.74. The third-order valence-electron chi connectivity index (χ3n) is 3.36. The minimum absolute atomic E-state index is 0.253. The molecule has 23 heavy (non-hydrogen) atoms. The average molecular weight is 328 g/mol. The number of imidazole rings is 1. The lowest BCUT2D eigenvalue weighted by Gasteiger charge is -2.01. The van der Waals surface area contributed by atoms with Crippen LogP contribution < -0.4 is 5.32 Å². The number of rotatable bonds is 5. The summed E-state index contributed by atoms with van der Waals surface area (Å²) >= 11 is 1.48. The molecule has 1 aromatic carbocycles. The number of halogens is 1. The first-order valence-corrected chi connectivity index (χ1v) is 7.93. The molecule has 0 aliphatic rings. The molecule has 1 N–H and O–H groups in total. The fourth-order valence-electron chi connectivity index (χ4n) is 2.24. The van der Waals surface area contributed by atoms with Crippen molar-refractivity contribution in [3.63, 3.8) is 0 Å². The van der Waals surface area contributed by atoms with Crippen LogP contribution in [0, 0.1) is 5.82 Å². The van der Waals surface area contributed by atoms with E-state index >= 15 is 0 Å². The van der Waals surface area contributed by atoms with Crippen molar-refractivity contribution in [1.29, 1.82) is 0 Å². The van der Waals surface area contributed by atoms with Crippen molar-refractivity contribution in [3.05, 3.63) is 54.7 Å². The molecule has 0 bridgehead atoms. The first kappa shape index (κ1) is 13.9. The number of hydrogen-bond donors (Lipinski definition) is 1. The van der Waals surface area contributed by atoms with Gasteiger partial charge in [0.2, 0.25) is 10.1 Å². The predicted molar refractivity (Wildman–Crippen MR) is 87.0 cm³/mol. The molecule has 0 saturated heterocycles. The van der Waals surface area contributed by atoms with Gasteiger partial charge in [-0.25, -0.2) is 13.9 Å². The van der Waals surface area contributed by atoms with Crippen LogP contribution in [-0.4, -0.2) is 30.9 Å². The summed E-state index contributed by atoms with van der Waals surface area (Å²) in [4.78, 5) is 5.33. The van der Waals surface area contributed by atoms with Gasteiger partial charge in [0.1, 0.15) is 5.82 Å². The first-order chi connectivity index (χ1) is 11.3. The molecule has 0 aliphatic carbocycles. The van der Waals surface area contributed by atoms with E-state index in [0.717, 1.165) is 34.4 Å². The fraction of sp³-hybridized carbons (Fsp3) is 0.133. The summed E-state index contributed by atoms with van der Waals surface area (Å²) < 4.78 is 16.6. The topological polar surface area (TPSA) is 60.0 Å². The highest BCUT2D eigenvalue weighted by Gasteiger charge is 2.09. The second-order valence-corrected chi connectivity index (χ2v) is 5.92. The summed E-state index contributed by atoms with van der Waals surface area (Å²) in [6, 6.07) is 8.18. The van der Waals surface area contributed by atoms with Crippen LogP contribution in [0.15, 0.2) is 48.9 Å². The molecule has 3 heterocycles. The van der Waals surface area contributed by atoms with Crippen molar-refractivity contribution in [2.45, 2.75) is 6.54 Å². The Kier molecular flexibility index (Phi) is 3.51. The summed E-state index contributed by atoms with van der Waals surface area (Å²) in [6.45, 7) is 1.51. The monoisotopic (exact) mass is 328 g/mol. The lowest BCUT2D eigenvalue weighted by molar-refractivity contribution is 0.628. The van der Waals surface area contributed by atoms with Gasteiger partial charge in [0.05, 0.1) is 18.4 Å². The second kappa shape index (κ2) is 5.81. The smallest absolute Gasteiger partial charge is 0.214 e. The molecule has 0 radical (unpaired) electrons. The standard InChI is InChI=1S/C15H13FN6S/c16-12-4-2-11(3-5-12)13-10-22-15(19-13)23-14(20-22)17-7-9-21-8-1-6-18-21/h1-6,8,10H,7,9H2,(H,17,20). The van der Waals surface area contributed by atoms with Gasteiger partial charge in [0.25, 0.3) is 0 Å². The van der Waals surface area contributed by atoms with E-state index in [0.29, 0.717) is 0 Å². The first-order valence-electron chi connectivity index (χ1n) is 7.11. The maximum atomic E-state index is 13.0. The summed E-state index contributed by atoms with van der Waals surface area (Å²) in [7, 11) is 0. The summed E-state index contributed by atoms with van der Waals surface area (Å²) in [6.07, 6.45) is 5.53. The fourth-order valence-corrected chi connectivity index (χ4v) is 3.05. The number of hydrogen-bond acceptors (Lipinski definition) is 5. The molecule has 0 aliphatic heterocycles. The van der Waals surface area contributed by atoms with Gasteiger partial charge < -0.3 is 5.32 Å². The SMILES string of the molecule is Fc1ccc(-c2cn3nc(NCCn4cccn4)sc3n2)cc1. The number of nitrogens with zero attached hydrogens (tertiary/aromatic N) is 5. The molecule has 6 nitrogen and oxygen atoms in total. The zero-order valence-electron chi connectivity index (χ0n) is 12.1. The van der Waals surface area contributed by atoms with Gasteiger partial charge in [-0.05, 0) is 30.3 Å². The van der Waals surface area contributed by atoms with E-state index in [2.05, 4.69) is 20.5 Å². The minimum atomic E-state index is -0.253. The second-order valence-electron chi connectivity index (χ2n) is 4.96. The van der Waals surface area contributed by atoms with Crippen LogP contribution in [0.2, 0.25) is 0 Å². The van der Waals surface area contributed by atoms with E-state index in [-0.39, 0.29) is 5.82 Å². The number of nitrogens with one attached hydrogen (secondary N) is 1. The van der Waals surface area contributed by atoms with Gasteiger partial charge >= 0.3 is 0 Å². The molecule has 0 amide bonds. The number of benzene rings is 1. The van der Waals surface area contributed by atoms with Crippen LogP contribution in [0.3, 0.4) is 0 Å². The van der Waals surface area contributed by atoms with Crippen LogP contribution in [0.1, 0.15) is 0 Å². The van der Waals surface area contributed by atoms with Crippen molar-refractivity contribution < 1.29 is 4.39 Å². The maximum absolute atomic E-state index is 13.0. The highest BCUT2D eigenvalue weighted by atomic mass is 32.1. The van der Waals surface area contributed by atoms with E-state index in [1.807, 2.05) is 23.1 Å². The number of fused-ring (bicyclic) bond motifs is 1. The van der Waals surface area contributed by atoms with Gasteiger partial charge in [-0.1, -0.05) is 11.3 Å². The Morgan fingerprint density at radius 3 is 2.83 bits per heavy atom. The maximum Gasteiger partial charge on any atom is 0.214 e. The van der Waals surface area contributed by atoms with Crippen molar-refractivity contribution in [2.75, 3.05) is 11.9 Å². The van der Waals surface area contributed by atoms with E-state index in [1.54, 1.807) is 22.8 Å². The van der Waals surface area contributed by atoms with E-state index in [4.69, 9.17) is 0 Å². The Labute approximate surface area is 135 Å². The lowest BCUT2D eigenvalue weighted by Crippen LogP contribution is -2.10. The van der Waals surface area contributed by atoms with Crippen molar-refractivity contribution in [1.82, 2.24) is 24.4 Å².